The predicted octanol–water partition coefficient (Wildman–Crippen LogP) is 1.28. The Kier molecular flexibility index (Phi) is 5.04. The summed E-state index contributed by atoms with van der Waals surface area (Å²) in [5, 5.41) is 11.5. The van der Waals surface area contributed by atoms with Crippen LogP contribution in [-0.4, -0.2) is 20.4 Å². The lowest BCUT2D eigenvalue weighted by atomic mass is 10.1. The van der Waals surface area contributed by atoms with E-state index in [1.807, 2.05) is 6.07 Å². The summed E-state index contributed by atoms with van der Waals surface area (Å²) in [4.78, 5) is 43.8. The Labute approximate surface area is 158 Å². The molecule has 28 heavy (non-hydrogen) atoms. The molecule has 0 unspecified atom stereocenters. The number of amides is 1. The lowest BCUT2D eigenvalue weighted by molar-refractivity contribution is -0.122. The first-order chi connectivity index (χ1) is 13.3. The topological polar surface area (TPSA) is 121 Å². The van der Waals surface area contributed by atoms with Gasteiger partial charge in [-0.05, 0) is 43.7 Å². The van der Waals surface area contributed by atoms with Crippen molar-refractivity contribution in [1.82, 2.24) is 19.9 Å². The molecule has 0 saturated carbocycles. The molecular weight excluding hydrogens is 365 g/mol. The van der Waals surface area contributed by atoms with Crippen LogP contribution in [0.25, 0.3) is 10.9 Å². The van der Waals surface area contributed by atoms with Gasteiger partial charge in [-0.25, -0.2) is 9.18 Å². The lowest BCUT2D eigenvalue weighted by Gasteiger charge is -2.14. The maximum Gasteiger partial charge on any atom is 0.329 e. The van der Waals surface area contributed by atoms with E-state index >= 15 is 0 Å². The van der Waals surface area contributed by atoms with Crippen molar-refractivity contribution in [3.8, 4) is 6.07 Å². The molecule has 0 saturated heterocycles. The fourth-order valence-electron chi connectivity index (χ4n) is 2.85. The minimum Gasteiger partial charge on any atom is -0.346 e. The summed E-state index contributed by atoms with van der Waals surface area (Å²) in [6, 6.07) is 7.09. The Bertz CT molecular complexity index is 1220. The fraction of sp³-hybridized carbons (Fsp3) is 0.211. The van der Waals surface area contributed by atoms with Gasteiger partial charge in [0.15, 0.2) is 0 Å². The zero-order chi connectivity index (χ0) is 20.4. The molecule has 0 radical (unpaired) electrons. The highest BCUT2D eigenvalue weighted by molar-refractivity contribution is 5.82. The van der Waals surface area contributed by atoms with E-state index in [0.717, 1.165) is 10.6 Å². The zero-order valence-corrected chi connectivity index (χ0v) is 15.1. The van der Waals surface area contributed by atoms with Gasteiger partial charge in [0, 0.05) is 6.20 Å². The molecule has 0 aliphatic heterocycles. The molecular formula is C19H16FN5O3. The molecule has 9 heteroatoms. The number of halogens is 1. The number of aryl methyl sites for hydroxylation is 1. The van der Waals surface area contributed by atoms with E-state index in [2.05, 4.69) is 15.3 Å². The molecule has 1 aromatic carbocycles. The molecule has 2 N–H and O–H groups in total. The van der Waals surface area contributed by atoms with Crippen molar-refractivity contribution < 1.29 is 9.18 Å². The average Bonchev–Trinajstić information content (AvgIpc) is 2.68. The van der Waals surface area contributed by atoms with Crippen LogP contribution in [-0.2, 0) is 11.3 Å². The summed E-state index contributed by atoms with van der Waals surface area (Å²) in [7, 11) is 0. The molecule has 0 spiro atoms. The third-order valence-electron chi connectivity index (χ3n) is 4.38. The highest BCUT2D eigenvalue weighted by atomic mass is 19.1. The van der Waals surface area contributed by atoms with E-state index in [-0.39, 0.29) is 16.5 Å². The van der Waals surface area contributed by atoms with E-state index in [1.165, 1.54) is 19.2 Å². The van der Waals surface area contributed by atoms with Crippen LogP contribution in [0.5, 0.6) is 0 Å². The molecule has 0 aliphatic rings. The van der Waals surface area contributed by atoms with E-state index in [0.29, 0.717) is 11.3 Å². The Morgan fingerprint density at radius 2 is 2.11 bits per heavy atom. The number of nitrogens with one attached hydrogen (secondary N) is 2. The van der Waals surface area contributed by atoms with Crippen molar-refractivity contribution in [2.45, 2.75) is 26.4 Å². The van der Waals surface area contributed by atoms with Crippen LogP contribution in [0, 0.1) is 24.1 Å². The number of hydrogen-bond acceptors (Lipinski definition) is 5. The fourth-order valence-corrected chi connectivity index (χ4v) is 2.85. The maximum atomic E-state index is 13.8. The minimum absolute atomic E-state index is 0.0224. The van der Waals surface area contributed by atoms with Gasteiger partial charge >= 0.3 is 5.69 Å². The third-order valence-corrected chi connectivity index (χ3v) is 4.38. The van der Waals surface area contributed by atoms with Crippen LogP contribution < -0.4 is 16.6 Å². The third kappa shape index (κ3) is 3.53. The first kappa shape index (κ1) is 19.0. The molecule has 1 atom stereocenters. The Morgan fingerprint density at radius 3 is 2.75 bits per heavy atom. The number of benzene rings is 1. The first-order valence-electron chi connectivity index (χ1n) is 8.39. The molecule has 0 fully saturated rings. The number of carbonyl (C=O) groups excluding carboxylic acids is 1. The smallest absolute Gasteiger partial charge is 0.329 e. The summed E-state index contributed by atoms with van der Waals surface area (Å²) in [5.74, 6) is -1.16. The van der Waals surface area contributed by atoms with E-state index in [4.69, 9.17) is 5.26 Å². The zero-order valence-electron chi connectivity index (χ0n) is 15.1. The number of nitriles is 1. The van der Waals surface area contributed by atoms with E-state index in [1.54, 1.807) is 19.1 Å². The van der Waals surface area contributed by atoms with Gasteiger partial charge < -0.3 is 10.3 Å². The predicted molar refractivity (Wildman–Crippen MR) is 99.0 cm³/mol. The van der Waals surface area contributed by atoms with Crippen LogP contribution in [0.15, 0.2) is 40.1 Å². The standard InChI is InChI=1S/C19H16FN5O3/c1-10-13(20)4-6-15-17(10)18(27)25(19(28)24-15)9-16(26)23-11(2)14-5-3-12(7-21)8-22-14/h3-6,8,11H,9H2,1-2H3,(H,23,26)(H,24,28)/t11-/m0/s1. The Balaban J connectivity index is 1.86. The number of aromatic amines is 1. The van der Waals surface area contributed by atoms with Crippen molar-refractivity contribution in [2.75, 3.05) is 0 Å². The number of carbonyl (C=O) groups is 1. The van der Waals surface area contributed by atoms with Gasteiger partial charge in [0.25, 0.3) is 5.56 Å². The van der Waals surface area contributed by atoms with Crippen LogP contribution in [0.3, 0.4) is 0 Å². The number of pyridine rings is 1. The molecule has 3 rings (SSSR count). The van der Waals surface area contributed by atoms with Gasteiger partial charge in [0.1, 0.15) is 18.4 Å². The molecule has 0 bridgehead atoms. The summed E-state index contributed by atoms with van der Waals surface area (Å²) in [5.41, 5.74) is -0.286. The van der Waals surface area contributed by atoms with Gasteiger partial charge in [-0.1, -0.05) is 0 Å². The van der Waals surface area contributed by atoms with Crippen molar-refractivity contribution in [3.63, 3.8) is 0 Å². The first-order valence-corrected chi connectivity index (χ1v) is 8.39. The number of hydrogen-bond donors (Lipinski definition) is 2. The number of fused-ring (bicyclic) bond motifs is 1. The van der Waals surface area contributed by atoms with Crippen LogP contribution in [0.2, 0.25) is 0 Å². The average molecular weight is 381 g/mol. The Hall–Kier alpha value is -3.80. The maximum absolute atomic E-state index is 13.8. The van der Waals surface area contributed by atoms with Gasteiger partial charge in [-0.15, -0.1) is 0 Å². The molecule has 8 nitrogen and oxygen atoms in total. The second kappa shape index (κ2) is 7.44. The van der Waals surface area contributed by atoms with Crippen molar-refractivity contribution in [3.05, 3.63) is 73.9 Å². The second-order valence-corrected chi connectivity index (χ2v) is 6.29. The van der Waals surface area contributed by atoms with Crippen LogP contribution in [0.1, 0.15) is 29.8 Å². The highest BCUT2D eigenvalue weighted by Gasteiger charge is 2.16. The molecule has 2 heterocycles. The number of rotatable bonds is 4. The molecule has 1 amide bonds. The number of aromatic nitrogens is 3. The lowest BCUT2D eigenvalue weighted by Crippen LogP contribution is -2.41. The molecule has 142 valence electrons. The molecule has 0 aliphatic carbocycles. The summed E-state index contributed by atoms with van der Waals surface area (Å²) >= 11 is 0. The molecule has 2 aromatic heterocycles. The van der Waals surface area contributed by atoms with Crippen molar-refractivity contribution >= 4 is 16.8 Å². The number of nitrogens with zero attached hydrogens (tertiary/aromatic N) is 3. The monoisotopic (exact) mass is 381 g/mol. The summed E-state index contributed by atoms with van der Waals surface area (Å²) in [6.07, 6.45) is 1.38. The normalized spacial score (nSPS) is 11.8. The largest absolute Gasteiger partial charge is 0.346 e. The highest BCUT2D eigenvalue weighted by Crippen LogP contribution is 2.14. The van der Waals surface area contributed by atoms with E-state index in [9.17, 15) is 18.8 Å². The van der Waals surface area contributed by atoms with E-state index < -0.39 is 35.6 Å². The minimum atomic E-state index is -0.761. The second-order valence-electron chi connectivity index (χ2n) is 6.29. The van der Waals surface area contributed by atoms with Gasteiger partial charge in [0.2, 0.25) is 5.91 Å². The van der Waals surface area contributed by atoms with Gasteiger partial charge in [-0.3, -0.25) is 19.1 Å². The number of H-pyrrole nitrogens is 1. The van der Waals surface area contributed by atoms with Crippen LogP contribution >= 0.6 is 0 Å². The SMILES string of the molecule is Cc1c(F)ccc2[nH]c(=O)n(CC(=O)N[C@@H](C)c3ccc(C#N)cn3)c(=O)c12. The summed E-state index contributed by atoms with van der Waals surface area (Å²) in [6.45, 7) is 2.58. The Morgan fingerprint density at radius 1 is 1.36 bits per heavy atom. The van der Waals surface area contributed by atoms with Crippen LogP contribution in [0.4, 0.5) is 4.39 Å². The molecule has 3 aromatic rings. The van der Waals surface area contributed by atoms with Crippen molar-refractivity contribution in [1.29, 1.82) is 5.26 Å². The van der Waals surface area contributed by atoms with Gasteiger partial charge in [0.05, 0.1) is 28.2 Å². The van der Waals surface area contributed by atoms with Crippen molar-refractivity contribution in [2.24, 2.45) is 0 Å². The quantitative estimate of drug-likeness (QED) is 0.705. The van der Waals surface area contributed by atoms with Gasteiger partial charge in [-0.2, -0.15) is 5.26 Å². The summed E-state index contributed by atoms with van der Waals surface area (Å²) < 4.78 is 14.5.